The van der Waals surface area contributed by atoms with Crippen molar-refractivity contribution in [2.75, 3.05) is 40.0 Å². The highest BCUT2D eigenvalue weighted by Gasteiger charge is 2.25. The third-order valence-corrected chi connectivity index (χ3v) is 5.46. The highest BCUT2D eigenvalue weighted by molar-refractivity contribution is 5.64. The molecule has 2 aromatic heterocycles. The number of nitrogens with zero attached hydrogens (tertiary/aromatic N) is 3. The van der Waals surface area contributed by atoms with Crippen LogP contribution in [0.4, 0.5) is 0 Å². The van der Waals surface area contributed by atoms with Gasteiger partial charge in [0.2, 0.25) is 0 Å². The predicted octanol–water partition coefficient (Wildman–Crippen LogP) is 3.33. The van der Waals surface area contributed by atoms with Gasteiger partial charge in [0, 0.05) is 37.0 Å². The summed E-state index contributed by atoms with van der Waals surface area (Å²) in [6.07, 6.45) is 5.79. The van der Waals surface area contributed by atoms with Gasteiger partial charge in [-0.15, -0.1) is 0 Å². The fraction of sp³-hybridized carbons (Fsp3) is 0.304. The Kier molecular flexibility index (Phi) is 5.21. The Morgan fingerprint density at radius 1 is 1.27 bits per heavy atom. The second-order valence-corrected chi connectivity index (χ2v) is 7.52. The molecule has 3 aromatic rings. The van der Waals surface area contributed by atoms with Gasteiger partial charge in [-0.2, -0.15) is 5.10 Å². The fourth-order valence-corrected chi connectivity index (χ4v) is 3.92. The first-order valence-electron chi connectivity index (χ1n) is 10.1. The van der Waals surface area contributed by atoms with E-state index in [1.165, 1.54) is 5.57 Å². The summed E-state index contributed by atoms with van der Waals surface area (Å²) < 4.78 is 17.3. The normalized spacial score (nSPS) is 19.0. The third kappa shape index (κ3) is 3.94. The van der Waals surface area contributed by atoms with Crippen LogP contribution < -0.4 is 9.47 Å². The SMILES string of the molecule is COc1ccc2c(c1)C=C(CN1CCO[C@@H](c3cccc(-c4cn[nH]c4)n3)C1)CO2. The Labute approximate surface area is 175 Å². The lowest BCUT2D eigenvalue weighted by Crippen LogP contribution is -2.40. The first kappa shape index (κ1) is 18.8. The summed E-state index contributed by atoms with van der Waals surface area (Å²) in [7, 11) is 1.68. The Hall–Kier alpha value is -3.16. The van der Waals surface area contributed by atoms with E-state index in [0.717, 1.165) is 53.6 Å². The van der Waals surface area contributed by atoms with Crippen molar-refractivity contribution in [3.63, 3.8) is 0 Å². The van der Waals surface area contributed by atoms with E-state index in [2.05, 4.69) is 21.2 Å². The van der Waals surface area contributed by atoms with Crippen LogP contribution in [0.2, 0.25) is 0 Å². The first-order valence-corrected chi connectivity index (χ1v) is 10.1. The molecule has 0 radical (unpaired) electrons. The Bertz CT molecular complexity index is 1050. The minimum atomic E-state index is -0.0527. The monoisotopic (exact) mass is 404 g/mol. The van der Waals surface area contributed by atoms with Gasteiger partial charge in [0.1, 0.15) is 24.2 Å². The molecule has 0 amide bonds. The highest BCUT2D eigenvalue weighted by atomic mass is 16.5. The van der Waals surface area contributed by atoms with Crippen molar-refractivity contribution in [3.05, 3.63) is 65.6 Å². The van der Waals surface area contributed by atoms with Crippen LogP contribution >= 0.6 is 0 Å². The fourth-order valence-electron chi connectivity index (χ4n) is 3.92. The predicted molar refractivity (Wildman–Crippen MR) is 113 cm³/mol. The van der Waals surface area contributed by atoms with E-state index in [9.17, 15) is 0 Å². The average Bonchev–Trinajstić information content (AvgIpc) is 3.34. The number of benzene rings is 1. The minimum absolute atomic E-state index is 0.0527. The maximum absolute atomic E-state index is 6.05. The standard InChI is InChI=1S/C23H24N4O3/c1-28-19-5-6-22-17(10-19)9-16(15-30-22)13-27-7-8-29-23(14-27)21-4-2-3-20(26-21)18-11-24-25-12-18/h2-6,9-12,23H,7-8,13-15H2,1H3,(H,24,25)/t23-/m1/s1. The number of aromatic nitrogens is 3. The van der Waals surface area contributed by atoms with Crippen LogP contribution in [-0.2, 0) is 4.74 Å². The summed E-state index contributed by atoms with van der Waals surface area (Å²) in [5.74, 6) is 1.74. The zero-order valence-corrected chi connectivity index (χ0v) is 16.9. The van der Waals surface area contributed by atoms with E-state index >= 15 is 0 Å². The lowest BCUT2D eigenvalue weighted by atomic mass is 10.1. The molecule has 0 bridgehead atoms. The number of hydrogen-bond donors (Lipinski definition) is 1. The molecular weight excluding hydrogens is 380 g/mol. The summed E-state index contributed by atoms with van der Waals surface area (Å²) >= 11 is 0. The zero-order chi connectivity index (χ0) is 20.3. The molecule has 0 spiro atoms. The molecule has 2 aliphatic heterocycles. The number of morpholine rings is 1. The average molecular weight is 404 g/mol. The van der Waals surface area contributed by atoms with E-state index in [1.54, 1.807) is 13.3 Å². The lowest BCUT2D eigenvalue weighted by Gasteiger charge is -2.34. The molecule has 5 rings (SSSR count). The van der Waals surface area contributed by atoms with Crippen molar-refractivity contribution < 1.29 is 14.2 Å². The number of methoxy groups -OCH3 is 1. The van der Waals surface area contributed by atoms with Crippen LogP contribution in [-0.4, -0.2) is 60.0 Å². The van der Waals surface area contributed by atoms with E-state index in [-0.39, 0.29) is 6.10 Å². The number of fused-ring (bicyclic) bond motifs is 1. The van der Waals surface area contributed by atoms with Gasteiger partial charge >= 0.3 is 0 Å². The highest BCUT2D eigenvalue weighted by Crippen LogP contribution is 2.31. The molecule has 1 N–H and O–H groups in total. The smallest absolute Gasteiger partial charge is 0.127 e. The number of rotatable bonds is 5. The molecule has 0 saturated carbocycles. The number of nitrogens with one attached hydrogen (secondary N) is 1. The number of aromatic amines is 1. The molecule has 7 heteroatoms. The van der Waals surface area contributed by atoms with Crippen molar-refractivity contribution in [1.29, 1.82) is 0 Å². The quantitative estimate of drug-likeness (QED) is 0.703. The van der Waals surface area contributed by atoms with Crippen molar-refractivity contribution in [2.45, 2.75) is 6.10 Å². The topological polar surface area (TPSA) is 72.5 Å². The minimum Gasteiger partial charge on any atom is -0.497 e. The van der Waals surface area contributed by atoms with Gasteiger partial charge in [-0.1, -0.05) is 6.07 Å². The Morgan fingerprint density at radius 3 is 3.10 bits per heavy atom. The maximum Gasteiger partial charge on any atom is 0.127 e. The molecule has 1 fully saturated rings. The van der Waals surface area contributed by atoms with Crippen molar-refractivity contribution in [2.24, 2.45) is 0 Å². The van der Waals surface area contributed by atoms with E-state index < -0.39 is 0 Å². The number of H-pyrrole nitrogens is 1. The van der Waals surface area contributed by atoms with E-state index in [1.807, 2.05) is 42.6 Å². The lowest BCUT2D eigenvalue weighted by molar-refractivity contribution is -0.0293. The van der Waals surface area contributed by atoms with Gasteiger partial charge in [-0.25, -0.2) is 4.98 Å². The van der Waals surface area contributed by atoms with Gasteiger partial charge in [0.15, 0.2) is 0 Å². The van der Waals surface area contributed by atoms with Crippen molar-refractivity contribution in [1.82, 2.24) is 20.1 Å². The van der Waals surface area contributed by atoms with Gasteiger partial charge in [-0.3, -0.25) is 10.00 Å². The van der Waals surface area contributed by atoms with Crippen LogP contribution in [0.3, 0.4) is 0 Å². The molecule has 4 heterocycles. The van der Waals surface area contributed by atoms with Crippen LogP contribution in [0.15, 0.2) is 54.4 Å². The Morgan fingerprint density at radius 2 is 2.23 bits per heavy atom. The maximum atomic E-state index is 6.05. The molecular formula is C23H24N4O3. The summed E-state index contributed by atoms with van der Waals surface area (Å²) in [5.41, 5.74) is 5.13. The second kappa shape index (κ2) is 8.30. The van der Waals surface area contributed by atoms with Gasteiger partial charge in [0.25, 0.3) is 0 Å². The molecule has 0 aliphatic carbocycles. The third-order valence-electron chi connectivity index (χ3n) is 5.46. The van der Waals surface area contributed by atoms with Gasteiger partial charge in [0.05, 0.1) is 31.3 Å². The molecule has 2 aliphatic rings. The number of hydrogen-bond acceptors (Lipinski definition) is 6. The van der Waals surface area contributed by atoms with Crippen LogP contribution in [0, 0.1) is 0 Å². The summed E-state index contributed by atoms with van der Waals surface area (Å²) in [6.45, 7) is 3.82. The largest absolute Gasteiger partial charge is 0.497 e. The zero-order valence-electron chi connectivity index (χ0n) is 16.9. The van der Waals surface area contributed by atoms with Crippen LogP contribution in [0.5, 0.6) is 11.5 Å². The second-order valence-electron chi connectivity index (χ2n) is 7.52. The van der Waals surface area contributed by atoms with Crippen molar-refractivity contribution >= 4 is 6.08 Å². The number of pyridine rings is 1. The van der Waals surface area contributed by atoms with Crippen molar-refractivity contribution in [3.8, 4) is 22.8 Å². The molecule has 7 nitrogen and oxygen atoms in total. The summed E-state index contributed by atoms with van der Waals surface area (Å²) in [4.78, 5) is 7.21. The van der Waals surface area contributed by atoms with Gasteiger partial charge < -0.3 is 14.2 Å². The van der Waals surface area contributed by atoms with E-state index in [0.29, 0.717) is 13.2 Å². The molecule has 1 atom stereocenters. The van der Waals surface area contributed by atoms with Gasteiger partial charge in [-0.05, 0) is 42.0 Å². The molecule has 30 heavy (non-hydrogen) atoms. The summed E-state index contributed by atoms with van der Waals surface area (Å²) in [5, 5.41) is 6.85. The first-order chi connectivity index (χ1) is 14.8. The summed E-state index contributed by atoms with van der Waals surface area (Å²) in [6, 6.07) is 11.9. The molecule has 1 saturated heterocycles. The van der Waals surface area contributed by atoms with Crippen LogP contribution in [0.25, 0.3) is 17.3 Å². The molecule has 0 unspecified atom stereocenters. The van der Waals surface area contributed by atoms with E-state index in [4.69, 9.17) is 19.2 Å². The Balaban J connectivity index is 1.29. The van der Waals surface area contributed by atoms with Crippen LogP contribution in [0.1, 0.15) is 17.4 Å². The molecule has 1 aromatic carbocycles. The number of ether oxygens (including phenoxy) is 3. The molecule has 154 valence electrons.